The summed E-state index contributed by atoms with van der Waals surface area (Å²) in [4.78, 5) is 15.4. The molecular weight excluding hydrogens is 256 g/mol. The molecule has 108 valence electrons. The summed E-state index contributed by atoms with van der Waals surface area (Å²) in [5.41, 5.74) is 5.42. The molecule has 1 saturated heterocycles. The van der Waals surface area contributed by atoms with Crippen LogP contribution >= 0.6 is 12.2 Å². The molecular formula is C15H26N2OS. The lowest BCUT2D eigenvalue weighted by Crippen LogP contribution is -2.54. The van der Waals surface area contributed by atoms with Gasteiger partial charge < -0.3 is 10.6 Å². The zero-order chi connectivity index (χ0) is 14.0. The lowest BCUT2D eigenvalue weighted by atomic mass is 9.72. The molecule has 1 saturated carbocycles. The quantitative estimate of drug-likeness (QED) is 0.792. The van der Waals surface area contributed by atoms with Gasteiger partial charge in [0.15, 0.2) is 0 Å². The molecule has 19 heavy (non-hydrogen) atoms. The van der Waals surface area contributed by atoms with Gasteiger partial charge in [-0.15, -0.1) is 0 Å². The smallest absolute Gasteiger partial charge is 0.235 e. The summed E-state index contributed by atoms with van der Waals surface area (Å²) in [6.07, 6.45) is 6.14. The average Bonchev–Trinajstić information content (AvgIpc) is 2.41. The Labute approximate surface area is 121 Å². The third kappa shape index (κ3) is 2.78. The lowest BCUT2D eigenvalue weighted by molar-refractivity contribution is -0.142. The third-order valence-electron chi connectivity index (χ3n) is 5.21. The number of rotatable bonds is 2. The molecule has 0 aromatic heterocycles. The van der Waals surface area contributed by atoms with E-state index in [0.29, 0.717) is 16.8 Å². The van der Waals surface area contributed by atoms with Gasteiger partial charge in [-0.3, -0.25) is 4.79 Å². The molecule has 4 heteroatoms. The molecule has 2 aliphatic rings. The van der Waals surface area contributed by atoms with Crippen LogP contribution in [0.25, 0.3) is 0 Å². The number of piperidine rings is 1. The van der Waals surface area contributed by atoms with E-state index in [2.05, 4.69) is 13.8 Å². The van der Waals surface area contributed by atoms with Crippen LogP contribution in [-0.4, -0.2) is 28.9 Å². The number of hydrogen-bond donors (Lipinski definition) is 1. The van der Waals surface area contributed by atoms with Gasteiger partial charge in [0.1, 0.15) is 0 Å². The minimum Gasteiger partial charge on any atom is -0.392 e. The van der Waals surface area contributed by atoms with Crippen molar-refractivity contribution in [3.05, 3.63) is 0 Å². The van der Waals surface area contributed by atoms with E-state index in [1.165, 1.54) is 6.42 Å². The molecule has 0 spiro atoms. The number of nitrogens with two attached hydrogens (primary N) is 1. The van der Waals surface area contributed by atoms with Crippen LogP contribution in [0.15, 0.2) is 0 Å². The van der Waals surface area contributed by atoms with Crippen LogP contribution in [0, 0.1) is 17.3 Å². The van der Waals surface area contributed by atoms with Crippen LogP contribution in [-0.2, 0) is 4.79 Å². The average molecular weight is 282 g/mol. The SMILES string of the molecule is CC1CCN(C(=O)C2(C(N)=S)CCCCC2)CC1C. The molecule has 3 nitrogen and oxygen atoms in total. The summed E-state index contributed by atoms with van der Waals surface area (Å²) >= 11 is 5.26. The molecule has 0 radical (unpaired) electrons. The zero-order valence-corrected chi connectivity index (χ0v) is 13.0. The van der Waals surface area contributed by atoms with Gasteiger partial charge in [-0.1, -0.05) is 45.3 Å². The Morgan fingerprint density at radius 3 is 2.37 bits per heavy atom. The number of nitrogens with zero attached hydrogens (tertiary/aromatic N) is 1. The van der Waals surface area contributed by atoms with E-state index in [-0.39, 0.29) is 5.91 Å². The summed E-state index contributed by atoms with van der Waals surface area (Å²) in [6, 6.07) is 0. The molecule has 0 aromatic carbocycles. The Bertz CT molecular complexity index is 363. The van der Waals surface area contributed by atoms with E-state index in [9.17, 15) is 4.79 Å². The van der Waals surface area contributed by atoms with E-state index in [0.717, 1.165) is 45.2 Å². The van der Waals surface area contributed by atoms with E-state index >= 15 is 0 Å². The largest absolute Gasteiger partial charge is 0.392 e. The standard InChI is InChI=1S/C15H26N2OS/c1-11-6-9-17(10-12(11)2)14(18)15(13(16)19)7-4-3-5-8-15/h11-12H,3-10H2,1-2H3,(H2,16,19). The van der Waals surface area contributed by atoms with E-state index in [1.807, 2.05) is 4.90 Å². The van der Waals surface area contributed by atoms with Crippen molar-refractivity contribution in [1.29, 1.82) is 0 Å². The first kappa shape index (κ1) is 14.8. The Hall–Kier alpha value is -0.640. The molecule has 2 rings (SSSR count). The number of carbonyl (C=O) groups excluding carboxylic acids is 1. The van der Waals surface area contributed by atoms with Crippen LogP contribution in [0.2, 0.25) is 0 Å². The molecule has 1 amide bonds. The molecule has 2 fully saturated rings. The Morgan fingerprint density at radius 1 is 1.21 bits per heavy atom. The predicted molar refractivity (Wildman–Crippen MR) is 81.8 cm³/mol. The summed E-state index contributed by atoms with van der Waals surface area (Å²) < 4.78 is 0. The van der Waals surface area contributed by atoms with E-state index in [4.69, 9.17) is 18.0 Å². The van der Waals surface area contributed by atoms with Crippen molar-refractivity contribution in [3.8, 4) is 0 Å². The van der Waals surface area contributed by atoms with Crippen molar-refractivity contribution in [1.82, 2.24) is 4.90 Å². The molecule has 2 N–H and O–H groups in total. The summed E-state index contributed by atoms with van der Waals surface area (Å²) in [7, 11) is 0. The van der Waals surface area contributed by atoms with Crippen molar-refractivity contribution in [2.75, 3.05) is 13.1 Å². The number of hydrogen-bond acceptors (Lipinski definition) is 2. The van der Waals surface area contributed by atoms with Crippen LogP contribution in [0.1, 0.15) is 52.4 Å². The Morgan fingerprint density at radius 2 is 1.84 bits per heavy atom. The van der Waals surface area contributed by atoms with Crippen molar-refractivity contribution in [2.45, 2.75) is 52.4 Å². The third-order valence-corrected chi connectivity index (χ3v) is 5.60. The van der Waals surface area contributed by atoms with E-state index in [1.54, 1.807) is 0 Å². The maximum absolute atomic E-state index is 12.9. The van der Waals surface area contributed by atoms with Crippen molar-refractivity contribution < 1.29 is 4.79 Å². The summed E-state index contributed by atoms with van der Waals surface area (Å²) in [5, 5.41) is 0. The highest BCUT2D eigenvalue weighted by atomic mass is 32.1. The lowest BCUT2D eigenvalue weighted by Gasteiger charge is -2.43. The Balaban J connectivity index is 2.14. The van der Waals surface area contributed by atoms with Gasteiger partial charge in [0, 0.05) is 13.1 Å². The second-order valence-corrected chi connectivity index (χ2v) is 6.94. The minimum atomic E-state index is -0.534. The van der Waals surface area contributed by atoms with Gasteiger partial charge in [0.25, 0.3) is 0 Å². The maximum Gasteiger partial charge on any atom is 0.235 e. The Kier molecular flexibility index (Phi) is 4.49. The van der Waals surface area contributed by atoms with Crippen LogP contribution < -0.4 is 5.73 Å². The van der Waals surface area contributed by atoms with Crippen molar-refractivity contribution in [3.63, 3.8) is 0 Å². The fourth-order valence-corrected chi connectivity index (χ4v) is 3.76. The van der Waals surface area contributed by atoms with Crippen molar-refractivity contribution >= 4 is 23.1 Å². The second kappa shape index (κ2) is 5.78. The van der Waals surface area contributed by atoms with E-state index < -0.39 is 5.41 Å². The van der Waals surface area contributed by atoms with Gasteiger partial charge in [0.05, 0.1) is 10.4 Å². The van der Waals surface area contributed by atoms with Gasteiger partial charge >= 0.3 is 0 Å². The fraction of sp³-hybridized carbons (Fsp3) is 0.867. The van der Waals surface area contributed by atoms with Gasteiger partial charge in [0.2, 0.25) is 5.91 Å². The highest BCUT2D eigenvalue weighted by molar-refractivity contribution is 7.80. The number of likely N-dealkylation sites (tertiary alicyclic amines) is 1. The van der Waals surface area contributed by atoms with Crippen LogP contribution in [0.5, 0.6) is 0 Å². The number of amides is 1. The van der Waals surface area contributed by atoms with Crippen molar-refractivity contribution in [2.24, 2.45) is 23.0 Å². The molecule has 1 aliphatic heterocycles. The molecule has 1 aliphatic carbocycles. The normalized spacial score (nSPS) is 30.9. The van der Waals surface area contributed by atoms with Gasteiger partial charge in [-0.2, -0.15) is 0 Å². The predicted octanol–water partition coefficient (Wildman–Crippen LogP) is 2.73. The highest BCUT2D eigenvalue weighted by Crippen LogP contribution is 2.39. The first-order chi connectivity index (χ1) is 8.97. The summed E-state index contributed by atoms with van der Waals surface area (Å²) in [6.45, 7) is 6.24. The molecule has 2 atom stereocenters. The fourth-order valence-electron chi connectivity index (χ4n) is 3.47. The summed E-state index contributed by atoms with van der Waals surface area (Å²) in [5.74, 6) is 1.49. The molecule has 1 heterocycles. The number of thiocarbonyl (C=S) groups is 1. The molecule has 0 aromatic rings. The first-order valence-electron chi connectivity index (χ1n) is 7.56. The molecule has 2 unspecified atom stereocenters. The topological polar surface area (TPSA) is 46.3 Å². The minimum absolute atomic E-state index is 0.207. The van der Waals surface area contributed by atoms with Crippen LogP contribution in [0.4, 0.5) is 0 Å². The van der Waals surface area contributed by atoms with Gasteiger partial charge in [-0.05, 0) is 31.1 Å². The number of carbonyl (C=O) groups is 1. The second-order valence-electron chi connectivity index (χ2n) is 6.50. The van der Waals surface area contributed by atoms with Gasteiger partial charge in [-0.25, -0.2) is 0 Å². The monoisotopic (exact) mass is 282 g/mol. The zero-order valence-electron chi connectivity index (χ0n) is 12.2. The first-order valence-corrected chi connectivity index (χ1v) is 7.97. The maximum atomic E-state index is 12.9. The molecule has 0 bridgehead atoms. The highest BCUT2D eigenvalue weighted by Gasteiger charge is 2.45. The van der Waals surface area contributed by atoms with Crippen LogP contribution in [0.3, 0.4) is 0 Å².